The van der Waals surface area contributed by atoms with Crippen molar-refractivity contribution in [2.75, 3.05) is 6.61 Å². The van der Waals surface area contributed by atoms with Gasteiger partial charge in [0.05, 0.1) is 6.10 Å². The number of rotatable bonds is 1. The molecule has 0 saturated heterocycles. The van der Waals surface area contributed by atoms with Crippen molar-refractivity contribution in [1.82, 2.24) is 0 Å². The summed E-state index contributed by atoms with van der Waals surface area (Å²) in [6.07, 6.45) is 1.77. The first kappa shape index (κ1) is 8.52. The minimum Gasteiger partial charge on any atom is -0.396 e. The molecule has 0 radical (unpaired) electrons. The van der Waals surface area contributed by atoms with Gasteiger partial charge in [-0.15, -0.1) is 0 Å². The average Bonchev–Trinajstić information content (AvgIpc) is 2.02. The fraction of sp³-hybridized carbons (Fsp3) is 1.00. The van der Waals surface area contributed by atoms with Gasteiger partial charge in [-0.2, -0.15) is 0 Å². The van der Waals surface area contributed by atoms with E-state index in [1.807, 2.05) is 0 Å². The van der Waals surface area contributed by atoms with Crippen LogP contribution in [0.3, 0.4) is 0 Å². The maximum absolute atomic E-state index is 9.74. The second-order valence-electron chi connectivity index (χ2n) is 5.02. The van der Waals surface area contributed by atoms with Gasteiger partial charge >= 0.3 is 0 Å². The number of aliphatic hydroxyl groups is 2. The highest BCUT2D eigenvalue weighted by molar-refractivity contribution is 5.06. The fourth-order valence-corrected chi connectivity index (χ4v) is 3.29. The lowest BCUT2D eigenvalue weighted by molar-refractivity contribution is -0.178. The van der Waals surface area contributed by atoms with Gasteiger partial charge in [-0.25, -0.2) is 0 Å². The van der Waals surface area contributed by atoms with E-state index in [9.17, 15) is 5.11 Å². The van der Waals surface area contributed by atoms with E-state index in [1.165, 1.54) is 0 Å². The van der Waals surface area contributed by atoms with Gasteiger partial charge in [-0.3, -0.25) is 0 Å². The van der Waals surface area contributed by atoms with Crippen molar-refractivity contribution in [1.29, 1.82) is 0 Å². The first-order valence-corrected chi connectivity index (χ1v) is 4.86. The summed E-state index contributed by atoms with van der Waals surface area (Å²) in [7, 11) is 0. The zero-order chi connectivity index (χ0) is 8.93. The van der Waals surface area contributed by atoms with Crippen LogP contribution in [0.1, 0.15) is 26.7 Å². The van der Waals surface area contributed by atoms with Crippen LogP contribution in [0.15, 0.2) is 0 Å². The summed E-state index contributed by atoms with van der Waals surface area (Å²) < 4.78 is 0. The lowest BCUT2D eigenvalue weighted by Gasteiger charge is -2.61. The first-order valence-electron chi connectivity index (χ1n) is 4.86. The molecule has 70 valence electrons. The van der Waals surface area contributed by atoms with Gasteiger partial charge in [0.1, 0.15) is 0 Å². The molecular weight excluding hydrogens is 152 g/mol. The molecule has 0 heterocycles. The average molecular weight is 170 g/mol. The number of hydrogen-bond donors (Lipinski definition) is 2. The number of aliphatic hydroxyl groups excluding tert-OH is 2. The highest BCUT2D eigenvalue weighted by Gasteiger charge is 2.57. The van der Waals surface area contributed by atoms with E-state index in [1.54, 1.807) is 0 Å². The van der Waals surface area contributed by atoms with Crippen LogP contribution >= 0.6 is 0 Å². The Morgan fingerprint density at radius 3 is 2.33 bits per heavy atom. The molecule has 3 aliphatic rings. The largest absolute Gasteiger partial charge is 0.396 e. The predicted octanol–water partition coefficient (Wildman–Crippen LogP) is 1.02. The summed E-state index contributed by atoms with van der Waals surface area (Å²) >= 11 is 0. The molecule has 2 bridgehead atoms. The Balaban J connectivity index is 2.16. The maximum atomic E-state index is 9.74. The SMILES string of the molecule is CC1(C)C2CC1C(CO)CC2O. The molecule has 2 N–H and O–H groups in total. The molecule has 0 spiro atoms. The molecule has 3 saturated carbocycles. The molecule has 0 aliphatic heterocycles. The molecule has 4 unspecified atom stereocenters. The molecule has 4 atom stereocenters. The van der Waals surface area contributed by atoms with Crippen LogP contribution < -0.4 is 0 Å². The van der Waals surface area contributed by atoms with Crippen molar-refractivity contribution in [3.05, 3.63) is 0 Å². The second-order valence-corrected chi connectivity index (χ2v) is 5.02. The van der Waals surface area contributed by atoms with Gasteiger partial charge in [0.2, 0.25) is 0 Å². The van der Waals surface area contributed by atoms with E-state index in [2.05, 4.69) is 13.8 Å². The van der Waals surface area contributed by atoms with Crippen molar-refractivity contribution in [3.63, 3.8) is 0 Å². The lowest BCUT2D eigenvalue weighted by Crippen LogP contribution is -2.59. The Hall–Kier alpha value is -0.0800. The van der Waals surface area contributed by atoms with Crippen LogP contribution in [0, 0.1) is 23.2 Å². The van der Waals surface area contributed by atoms with E-state index < -0.39 is 0 Å². The highest BCUT2D eigenvalue weighted by atomic mass is 16.3. The summed E-state index contributed by atoms with van der Waals surface area (Å²) in [4.78, 5) is 0. The minimum atomic E-state index is -0.165. The standard InChI is InChI=1S/C10H18O2/c1-10(2)7-4-8(10)9(12)3-6(7)5-11/h6-9,11-12H,3-5H2,1-2H3. The number of hydrogen-bond acceptors (Lipinski definition) is 2. The molecule has 3 fully saturated rings. The number of fused-ring (bicyclic) bond motifs is 2. The summed E-state index contributed by atoms with van der Waals surface area (Å²) in [5.74, 6) is 1.49. The fourth-order valence-electron chi connectivity index (χ4n) is 3.29. The molecule has 2 heteroatoms. The molecule has 12 heavy (non-hydrogen) atoms. The van der Waals surface area contributed by atoms with Gasteiger partial charge < -0.3 is 10.2 Å². The van der Waals surface area contributed by atoms with E-state index >= 15 is 0 Å². The Morgan fingerprint density at radius 2 is 1.92 bits per heavy atom. The zero-order valence-electron chi connectivity index (χ0n) is 7.83. The minimum absolute atomic E-state index is 0.165. The first-order chi connectivity index (χ1) is 5.57. The van der Waals surface area contributed by atoms with Gasteiger partial charge in [0.15, 0.2) is 0 Å². The van der Waals surface area contributed by atoms with Gasteiger partial charge in [0.25, 0.3) is 0 Å². The molecule has 2 nitrogen and oxygen atoms in total. The van der Waals surface area contributed by atoms with Gasteiger partial charge in [-0.05, 0) is 36.0 Å². The van der Waals surface area contributed by atoms with E-state index in [0.29, 0.717) is 17.8 Å². The van der Waals surface area contributed by atoms with Crippen LogP contribution in [0.4, 0.5) is 0 Å². The third-order valence-electron chi connectivity index (χ3n) is 4.23. The van der Waals surface area contributed by atoms with Crippen LogP contribution in [0.5, 0.6) is 0 Å². The zero-order valence-corrected chi connectivity index (χ0v) is 7.83. The lowest BCUT2D eigenvalue weighted by atomic mass is 9.45. The van der Waals surface area contributed by atoms with Crippen molar-refractivity contribution >= 4 is 0 Å². The molecule has 3 rings (SSSR count). The maximum Gasteiger partial charge on any atom is 0.0577 e. The smallest absolute Gasteiger partial charge is 0.0577 e. The molecule has 0 amide bonds. The van der Waals surface area contributed by atoms with Crippen LogP contribution in [0.25, 0.3) is 0 Å². The molecule has 3 aliphatic carbocycles. The second kappa shape index (κ2) is 2.46. The Bertz CT molecular complexity index is 188. The molecular formula is C10H18O2. The summed E-state index contributed by atoms with van der Waals surface area (Å²) in [6, 6.07) is 0. The van der Waals surface area contributed by atoms with Crippen molar-refractivity contribution < 1.29 is 10.2 Å². The Labute approximate surface area is 73.6 Å². The van der Waals surface area contributed by atoms with Crippen molar-refractivity contribution in [2.24, 2.45) is 23.2 Å². The van der Waals surface area contributed by atoms with E-state index in [0.717, 1.165) is 12.8 Å². The normalized spacial score (nSPS) is 50.0. The Morgan fingerprint density at radius 1 is 1.25 bits per heavy atom. The van der Waals surface area contributed by atoms with Gasteiger partial charge in [0, 0.05) is 6.61 Å². The third kappa shape index (κ3) is 0.882. The van der Waals surface area contributed by atoms with E-state index in [-0.39, 0.29) is 18.1 Å². The van der Waals surface area contributed by atoms with Crippen LogP contribution in [0.2, 0.25) is 0 Å². The molecule has 0 aromatic heterocycles. The third-order valence-corrected chi connectivity index (χ3v) is 4.23. The van der Waals surface area contributed by atoms with Crippen molar-refractivity contribution in [2.45, 2.75) is 32.8 Å². The summed E-state index contributed by atoms with van der Waals surface area (Å²) in [5, 5.41) is 18.9. The molecule has 0 aromatic rings. The van der Waals surface area contributed by atoms with Crippen molar-refractivity contribution in [3.8, 4) is 0 Å². The Kier molecular flexibility index (Phi) is 1.74. The van der Waals surface area contributed by atoms with Crippen LogP contribution in [-0.4, -0.2) is 22.9 Å². The van der Waals surface area contributed by atoms with E-state index in [4.69, 9.17) is 5.11 Å². The van der Waals surface area contributed by atoms with Crippen LogP contribution in [-0.2, 0) is 0 Å². The van der Waals surface area contributed by atoms with Gasteiger partial charge in [-0.1, -0.05) is 13.8 Å². The quantitative estimate of drug-likeness (QED) is 0.617. The summed E-state index contributed by atoms with van der Waals surface area (Å²) in [6.45, 7) is 4.69. The summed E-state index contributed by atoms with van der Waals surface area (Å²) in [5.41, 5.74) is 0.269. The predicted molar refractivity (Wildman–Crippen MR) is 46.6 cm³/mol. The highest BCUT2D eigenvalue weighted by Crippen LogP contribution is 2.61. The topological polar surface area (TPSA) is 40.5 Å². The molecule has 0 aromatic carbocycles. The monoisotopic (exact) mass is 170 g/mol.